The van der Waals surface area contributed by atoms with Gasteiger partial charge in [0.1, 0.15) is 22.2 Å². The van der Waals surface area contributed by atoms with Gasteiger partial charge >= 0.3 is 0 Å². The molecule has 10 heteroatoms. The fourth-order valence-corrected chi connectivity index (χ4v) is 4.70. The Morgan fingerprint density at radius 1 is 0.921 bits per heavy atom. The number of ether oxygens (including phenoxy) is 1. The van der Waals surface area contributed by atoms with Crippen LogP contribution in [-0.4, -0.2) is 24.8 Å². The Labute approximate surface area is 221 Å². The summed E-state index contributed by atoms with van der Waals surface area (Å²) in [6.07, 6.45) is 1.40. The first-order valence-corrected chi connectivity index (χ1v) is 12.2. The number of hydrogen-bond acceptors (Lipinski definition) is 7. The van der Waals surface area contributed by atoms with E-state index in [0.717, 1.165) is 16.7 Å². The number of furan rings is 1. The molecule has 0 unspecified atom stereocenters. The predicted molar refractivity (Wildman–Crippen MR) is 141 cm³/mol. The van der Waals surface area contributed by atoms with Gasteiger partial charge in [0.25, 0.3) is 17.7 Å². The molecule has 0 fully saturated rings. The van der Waals surface area contributed by atoms with E-state index in [-0.39, 0.29) is 16.4 Å². The van der Waals surface area contributed by atoms with E-state index in [2.05, 4.69) is 10.6 Å². The second-order valence-corrected chi connectivity index (χ2v) is 9.12. The van der Waals surface area contributed by atoms with Gasteiger partial charge in [0, 0.05) is 16.3 Å². The second-order valence-electron chi connectivity index (χ2n) is 8.04. The Hall–Kier alpha value is -4.83. The Balaban J connectivity index is 1.46. The minimum atomic E-state index is -0.561. The van der Waals surface area contributed by atoms with Crippen molar-refractivity contribution in [3.8, 4) is 5.75 Å². The van der Waals surface area contributed by atoms with Crippen molar-refractivity contribution in [1.29, 1.82) is 0 Å². The van der Waals surface area contributed by atoms with Gasteiger partial charge in [-0.3, -0.25) is 14.4 Å². The Morgan fingerprint density at radius 2 is 1.68 bits per heavy atom. The monoisotopic (exact) mass is 529 g/mol. The van der Waals surface area contributed by atoms with Crippen molar-refractivity contribution in [3.63, 3.8) is 0 Å². The molecular weight excluding hydrogens is 509 g/mol. The van der Waals surface area contributed by atoms with Crippen LogP contribution in [0.3, 0.4) is 0 Å². The highest BCUT2D eigenvalue weighted by Gasteiger charge is 2.40. The highest BCUT2D eigenvalue weighted by Crippen LogP contribution is 2.39. The molecule has 0 radical (unpaired) electrons. The molecule has 0 spiro atoms. The molecule has 0 atom stereocenters. The fourth-order valence-electron chi connectivity index (χ4n) is 3.71. The molecule has 3 amide bonds. The lowest BCUT2D eigenvalue weighted by Gasteiger charge is -2.15. The molecule has 2 N–H and O–H groups in total. The number of nitrogens with zero attached hydrogens (tertiary/aromatic N) is 1. The summed E-state index contributed by atoms with van der Waals surface area (Å²) in [5, 5.41) is 5.72. The Bertz CT molecular complexity index is 1530. The Morgan fingerprint density at radius 3 is 2.37 bits per heavy atom. The molecule has 0 saturated carbocycles. The number of anilines is 3. The van der Waals surface area contributed by atoms with E-state index in [4.69, 9.17) is 9.15 Å². The van der Waals surface area contributed by atoms with E-state index in [0.29, 0.717) is 27.7 Å². The Kier molecular flexibility index (Phi) is 6.96. The van der Waals surface area contributed by atoms with Gasteiger partial charge < -0.3 is 19.8 Å². The van der Waals surface area contributed by atoms with Gasteiger partial charge in [0.2, 0.25) is 0 Å². The number of halogens is 1. The zero-order valence-corrected chi connectivity index (χ0v) is 20.8. The van der Waals surface area contributed by atoms with Crippen LogP contribution in [0.1, 0.15) is 10.6 Å². The number of hydrogen-bond donors (Lipinski definition) is 2. The maximum absolute atomic E-state index is 13.6. The molecule has 2 heterocycles. The van der Waals surface area contributed by atoms with Crippen LogP contribution >= 0.6 is 11.8 Å². The molecule has 190 valence electrons. The van der Waals surface area contributed by atoms with E-state index in [1.165, 1.54) is 37.6 Å². The summed E-state index contributed by atoms with van der Waals surface area (Å²) < 4.78 is 23.7. The van der Waals surface area contributed by atoms with Gasteiger partial charge in [-0.2, -0.15) is 0 Å². The molecular formula is C28H20FN3O5S. The summed E-state index contributed by atoms with van der Waals surface area (Å²) in [6.45, 7) is 0. The van der Waals surface area contributed by atoms with Crippen LogP contribution in [0.15, 0.2) is 111 Å². The predicted octanol–water partition coefficient (Wildman–Crippen LogP) is 5.67. The number of amides is 3. The van der Waals surface area contributed by atoms with E-state index in [1.807, 2.05) is 0 Å². The van der Waals surface area contributed by atoms with E-state index in [1.54, 1.807) is 60.7 Å². The summed E-state index contributed by atoms with van der Waals surface area (Å²) in [7, 11) is 1.52. The first-order valence-electron chi connectivity index (χ1n) is 11.4. The van der Waals surface area contributed by atoms with Gasteiger partial charge in [0.15, 0.2) is 5.76 Å². The SMILES string of the molecule is COc1ccc(N2C(=O)C(Nc3ccc(F)cc3)=C(Sc3cccc(NC(=O)c4ccco4)c3)C2=O)cc1. The van der Waals surface area contributed by atoms with Gasteiger partial charge in [-0.15, -0.1) is 0 Å². The number of nitrogens with one attached hydrogen (secondary N) is 2. The van der Waals surface area contributed by atoms with Crippen molar-refractivity contribution in [1.82, 2.24) is 0 Å². The summed E-state index contributed by atoms with van der Waals surface area (Å²) >= 11 is 1.07. The average molecular weight is 530 g/mol. The molecule has 38 heavy (non-hydrogen) atoms. The van der Waals surface area contributed by atoms with Crippen LogP contribution in [0.4, 0.5) is 21.5 Å². The van der Waals surface area contributed by atoms with Crippen molar-refractivity contribution in [2.75, 3.05) is 22.6 Å². The number of thioether (sulfide) groups is 1. The van der Waals surface area contributed by atoms with Crippen LogP contribution in [0, 0.1) is 5.82 Å². The zero-order valence-electron chi connectivity index (χ0n) is 19.9. The molecule has 0 saturated heterocycles. The molecule has 4 aromatic rings. The second kappa shape index (κ2) is 10.7. The van der Waals surface area contributed by atoms with Crippen LogP contribution in [0.5, 0.6) is 5.75 Å². The molecule has 5 rings (SSSR count). The third-order valence-corrected chi connectivity index (χ3v) is 6.61. The average Bonchev–Trinajstić information content (AvgIpc) is 3.54. The summed E-state index contributed by atoms with van der Waals surface area (Å²) in [4.78, 5) is 41.2. The number of carbonyl (C=O) groups excluding carboxylic acids is 3. The lowest BCUT2D eigenvalue weighted by atomic mass is 10.2. The van der Waals surface area contributed by atoms with Crippen LogP contribution in [-0.2, 0) is 9.59 Å². The van der Waals surface area contributed by atoms with Gasteiger partial charge in [0.05, 0.1) is 19.1 Å². The van der Waals surface area contributed by atoms with Crippen molar-refractivity contribution in [2.24, 2.45) is 0 Å². The van der Waals surface area contributed by atoms with Crippen LogP contribution in [0.25, 0.3) is 0 Å². The lowest BCUT2D eigenvalue weighted by molar-refractivity contribution is -0.120. The summed E-state index contributed by atoms with van der Waals surface area (Å²) in [6, 6.07) is 22.0. The number of rotatable bonds is 8. The summed E-state index contributed by atoms with van der Waals surface area (Å²) in [5.41, 5.74) is 1.34. The van der Waals surface area contributed by atoms with Crippen molar-refractivity contribution in [3.05, 3.63) is 113 Å². The number of imide groups is 1. The third kappa shape index (κ3) is 5.16. The van der Waals surface area contributed by atoms with Gasteiger partial charge in [-0.25, -0.2) is 9.29 Å². The normalized spacial score (nSPS) is 13.2. The molecule has 1 aromatic heterocycles. The van der Waals surface area contributed by atoms with Crippen LogP contribution < -0.4 is 20.3 Å². The lowest BCUT2D eigenvalue weighted by Crippen LogP contribution is -2.32. The van der Waals surface area contributed by atoms with Crippen LogP contribution in [0.2, 0.25) is 0 Å². The molecule has 0 aliphatic carbocycles. The number of benzene rings is 3. The topological polar surface area (TPSA) is 101 Å². The van der Waals surface area contributed by atoms with Crippen molar-refractivity contribution in [2.45, 2.75) is 4.90 Å². The molecule has 3 aromatic carbocycles. The minimum absolute atomic E-state index is 0.0486. The first-order chi connectivity index (χ1) is 18.4. The third-order valence-electron chi connectivity index (χ3n) is 5.54. The largest absolute Gasteiger partial charge is 0.497 e. The summed E-state index contributed by atoms with van der Waals surface area (Å²) in [5.74, 6) is -1.21. The molecule has 0 bridgehead atoms. The molecule has 1 aliphatic rings. The van der Waals surface area contributed by atoms with Gasteiger partial charge in [-0.1, -0.05) is 17.8 Å². The zero-order chi connectivity index (χ0) is 26.6. The van der Waals surface area contributed by atoms with Crippen molar-refractivity contribution >= 4 is 46.5 Å². The van der Waals surface area contributed by atoms with E-state index >= 15 is 0 Å². The maximum Gasteiger partial charge on any atom is 0.291 e. The smallest absolute Gasteiger partial charge is 0.291 e. The molecule has 8 nitrogen and oxygen atoms in total. The van der Waals surface area contributed by atoms with Crippen molar-refractivity contribution < 1.29 is 27.9 Å². The standard InChI is InChI=1S/C28H20FN3O5S/c1-36-21-13-11-20(12-14-21)32-27(34)24(30-18-9-7-17(29)8-10-18)25(28(32)35)38-22-5-2-4-19(16-22)31-26(33)23-6-3-15-37-23/h2-16,30H,1H3,(H,31,33). The maximum atomic E-state index is 13.6. The van der Waals surface area contributed by atoms with E-state index in [9.17, 15) is 18.8 Å². The quantitative estimate of drug-likeness (QED) is 0.284. The first kappa shape index (κ1) is 24.8. The minimum Gasteiger partial charge on any atom is -0.497 e. The highest BCUT2D eigenvalue weighted by molar-refractivity contribution is 8.04. The number of methoxy groups -OCH3 is 1. The van der Waals surface area contributed by atoms with Gasteiger partial charge in [-0.05, 0) is 78.9 Å². The molecule has 1 aliphatic heterocycles. The highest BCUT2D eigenvalue weighted by atomic mass is 32.2. The number of carbonyl (C=O) groups is 3. The van der Waals surface area contributed by atoms with E-state index < -0.39 is 23.5 Å². The fraction of sp³-hybridized carbons (Fsp3) is 0.0357.